The molecule has 0 N–H and O–H groups in total. The summed E-state index contributed by atoms with van der Waals surface area (Å²) in [6.07, 6.45) is -3.49. The molecular formula is C18H15F4NO4. The van der Waals surface area contributed by atoms with E-state index in [9.17, 15) is 27.2 Å². The predicted molar refractivity (Wildman–Crippen MR) is 81.1 cm³/mol. The second kappa shape index (κ2) is 5.29. The van der Waals surface area contributed by atoms with Crippen LogP contribution in [0.1, 0.15) is 12.8 Å². The second-order valence-corrected chi connectivity index (χ2v) is 7.50. The van der Waals surface area contributed by atoms with Gasteiger partial charge in [-0.1, -0.05) is 18.2 Å². The normalized spacial score (nSPS) is 43.6. The smallest absolute Gasteiger partial charge is 0.303 e. The van der Waals surface area contributed by atoms with Gasteiger partial charge in [0.1, 0.15) is 12.2 Å². The molecule has 2 heterocycles. The lowest BCUT2D eigenvalue weighted by atomic mass is 9.63. The molecule has 2 aliphatic heterocycles. The summed E-state index contributed by atoms with van der Waals surface area (Å²) in [6.45, 7) is 0. The summed E-state index contributed by atoms with van der Waals surface area (Å²) < 4.78 is 61.9. The fraction of sp³-hybridized carbons (Fsp3) is 0.556. The first-order valence-corrected chi connectivity index (χ1v) is 8.77. The van der Waals surface area contributed by atoms with Gasteiger partial charge < -0.3 is 9.47 Å². The maximum atomic E-state index is 13.5. The number of carbonyl (C=O) groups excluding carboxylic acids is 2. The Morgan fingerprint density at radius 3 is 1.89 bits per heavy atom. The number of hydrogen-bond acceptors (Lipinski definition) is 4. The van der Waals surface area contributed by atoms with E-state index in [0.29, 0.717) is 0 Å². The molecule has 2 amide bonds. The van der Waals surface area contributed by atoms with Crippen LogP contribution in [0.3, 0.4) is 0 Å². The number of fused-ring (bicyclic) bond motifs is 2. The molecule has 2 saturated heterocycles. The second-order valence-electron chi connectivity index (χ2n) is 7.50. The summed E-state index contributed by atoms with van der Waals surface area (Å²) in [5.74, 6) is -1.70. The first kappa shape index (κ1) is 17.1. The number of hydrogen-bond donors (Lipinski definition) is 0. The molecular weight excluding hydrogens is 370 g/mol. The minimum atomic E-state index is -4.81. The lowest BCUT2D eigenvalue weighted by Crippen LogP contribution is -2.57. The fourth-order valence-corrected chi connectivity index (χ4v) is 4.79. The Balaban J connectivity index is 1.45. The summed E-state index contributed by atoms with van der Waals surface area (Å²) in [5, 5.41) is 0. The third-order valence-corrected chi connectivity index (χ3v) is 6.04. The van der Waals surface area contributed by atoms with E-state index < -0.39 is 36.3 Å². The highest BCUT2D eigenvalue weighted by Crippen LogP contribution is 2.51. The molecule has 5 nitrogen and oxygen atoms in total. The molecule has 6 rings (SSSR count). The summed E-state index contributed by atoms with van der Waals surface area (Å²) in [7, 11) is 0. The number of alkyl halides is 4. The highest BCUT2D eigenvalue weighted by molar-refractivity contribution is 6.08. The van der Waals surface area contributed by atoms with Crippen LogP contribution in [0.4, 0.5) is 17.6 Å². The summed E-state index contributed by atoms with van der Waals surface area (Å²) >= 11 is 0. The average molecular weight is 385 g/mol. The molecule has 27 heavy (non-hydrogen) atoms. The van der Waals surface area contributed by atoms with Gasteiger partial charge in [-0.2, -0.15) is 17.6 Å². The van der Waals surface area contributed by atoms with Gasteiger partial charge >= 0.3 is 12.2 Å². The Morgan fingerprint density at radius 2 is 1.37 bits per heavy atom. The summed E-state index contributed by atoms with van der Waals surface area (Å²) in [5.41, 5.74) is 0.0599. The van der Waals surface area contributed by atoms with E-state index in [4.69, 9.17) is 0 Å². The molecule has 1 saturated carbocycles. The van der Waals surface area contributed by atoms with Crippen LogP contribution in [0.15, 0.2) is 36.1 Å². The van der Waals surface area contributed by atoms with Crippen LogP contribution in [-0.2, 0) is 19.1 Å². The number of rotatable bonds is 1. The molecule has 144 valence electrons. The Hall–Kier alpha value is -2.00. The van der Waals surface area contributed by atoms with Crippen LogP contribution >= 0.6 is 0 Å². The first-order chi connectivity index (χ1) is 12.7. The average Bonchev–Trinajstić information content (AvgIpc) is 2.89. The number of nitrogens with zero attached hydrogens (tertiary/aromatic N) is 1. The third-order valence-electron chi connectivity index (χ3n) is 6.04. The van der Waals surface area contributed by atoms with E-state index in [1.54, 1.807) is 0 Å². The molecule has 0 aromatic carbocycles. The number of likely N-dealkylation sites (tertiary alicyclic amines) is 1. The van der Waals surface area contributed by atoms with Gasteiger partial charge in [0.15, 0.2) is 0 Å². The lowest BCUT2D eigenvalue weighted by Gasteiger charge is -2.40. The van der Waals surface area contributed by atoms with Gasteiger partial charge in [-0.25, -0.2) is 0 Å². The van der Waals surface area contributed by atoms with Crippen molar-refractivity contribution in [3.8, 4) is 0 Å². The van der Waals surface area contributed by atoms with Crippen molar-refractivity contribution in [1.29, 1.82) is 0 Å². The Morgan fingerprint density at radius 1 is 0.852 bits per heavy atom. The highest BCUT2D eigenvalue weighted by atomic mass is 19.3. The van der Waals surface area contributed by atoms with E-state index in [2.05, 4.69) is 9.47 Å². The van der Waals surface area contributed by atoms with E-state index >= 15 is 0 Å². The zero-order valence-corrected chi connectivity index (χ0v) is 13.9. The quantitative estimate of drug-likeness (QED) is 0.396. The van der Waals surface area contributed by atoms with E-state index in [-0.39, 0.29) is 29.3 Å². The minimum Gasteiger partial charge on any atom is -0.303 e. The molecule has 0 spiro atoms. The van der Waals surface area contributed by atoms with Crippen molar-refractivity contribution in [3.63, 3.8) is 0 Å². The van der Waals surface area contributed by atoms with E-state index in [1.165, 1.54) is 6.08 Å². The Kier molecular flexibility index (Phi) is 3.35. The van der Waals surface area contributed by atoms with Crippen LogP contribution in [0, 0.1) is 23.7 Å². The monoisotopic (exact) mass is 385 g/mol. The minimum absolute atomic E-state index is 0.0142. The van der Waals surface area contributed by atoms with Crippen molar-refractivity contribution in [2.24, 2.45) is 23.7 Å². The molecule has 6 aliphatic rings. The highest BCUT2D eigenvalue weighted by Gasteiger charge is 2.66. The molecule has 2 unspecified atom stereocenters. The number of carbonyl (C=O) groups is 2. The topological polar surface area (TPSA) is 55.8 Å². The first-order valence-electron chi connectivity index (χ1n) is 8.77. The van der Waals surface area contributed by atoms with Crippen molar-refractivity contribution in [2.75, 3.05) is 0 Å². The SMILES string of the molecule is O=C1[C@@H]2[C@H](C(=O)N1C1=CC3OC(F)(F)C(F)(F)OC3C=C1)[C@@H]1C=C[C@H]2CC1. The zero-order valence-electron chi connectivity index (χ0n) is 13.9. The number of allylic oxidation sites excluding steroid dienone is 3. The zero-order chi connectivity index (χ0) is 19.1. The van der Waals surface area contributed by atoms with Crippen molar-refractivity contribution >= 4 is 11.8 Å². The van der Waals surface area contributed by atoms with Crippen molar-refractivity contribution in [3.05, 3.63) is 36.1 Å². The standard InChI is InChI=1S/C18H15F4NO4/c19-17(20)18(21,22)27-12-7-10(5-6-11(12)26-17)23-15(24)13-8-1-2-9(4-3-8)14(13)16(23)25/h1-2,5-9,11-14H,3-4H2/t8-,9+,11?,12?,13-,14+. The number of ether oxygens (including phenoxy) is 2. The summed E-state index contributed by atoms with van der Waals surface area (Å²) in [4.78, 5) is 26.8. The largest absolute Gasteiger partial charge is 0.449 e. The van der Waals surface area contributed by atoms with Crippen LogP contribution < -0.4 is 0 Å². The molecule has 0 radical (unpaired) electrons. The van der Waals surface area contributed by atoms with Gasteiger partial charge in [0.25, 0.3) is 0 Å². The molecule has 6 atom stereocenters. The fourth-order valence-electron chi connectivity index (χ4n) is 4.79. The Bertz CT molecular complexity index is 788. The maximum absolute atomic E-state index is 13.5. The van der Waals surface area contributed by atoms with Gasteiger partial charge in [-0.3, -0.25) is 14.5 Å². The molecule has 2 bridgehead atoms. The number of amides is 2. The lowest BCUT2D eigenvalue weighted by molar-refractivity contribution is -0.478. The van der Waals surface area contributed by atoms with Crippen LogP contribution in [-0.4, -0.2) is 41.1 Å². The van der Waals surface area contributed by atoms with Crippen LogP contribution in [0.5, 0.6) is 0 Å². The van der Waals surface area contributed by atoms with Gasteiger partial charge in [0.2, 0.25) is 11.8 Å². The van der Waals surface area contributed by atoms with Crippen molar-refractivity contribution < 1.29 is 36.6 Å². The van der Waals surface area contributed by atoms with Gasteiger partial charge in [-0.05, 0) is 36.8 Å². The van der Waals surface area contributed by atoms with Gasteiger partial charge in [0, 0.05) is 0 Å². The molecule has 0 aromatic rings. The summed E-state index contributed by atoms with van der Waals surface area (Å²) in [6, 6.07) is 0. The molecule has 4 aliphatic carbocycles. The third kappa shape index (κ3) is 2.24. The van der Waals surface area contributed by atoms with Crippen molar-refractivity contribution in [1.82, 2.24) is 4.90 Å². The van der Waals surface area contributed by atoms with Crippen LogP contribution in [0.25, 0.3) is 0 Å². The number of halogens is 4. The molecule has 9 heteroatoms. The molecule has 0 aromatic heterocycles. The van der Waals surface area contributed by atoms with E-state index in [0.717, 1.165) is 29.9 Å². The van der Waals surface area contributed by atoms with Gasteiger partial charge in [0.05, 0.1) is 17.5 Å². The Labute approximate surface area is 151 Å². The molecule has 3 fully saturated rings. The van der Waals surface area contributed by atoms with Crippen molar-refractivity contribution in [2.45, 2.75) is 37.3 Å². The van der Waals surface area contributed by atoms with Gasteiger partial charge in [-0.15, -0.1) is 0 Å². The number of imide groups is 1. The van der Waals surface area contributed by atoms with E-state index in [1.807, 2.05) is 12.2 Å². The maximum Gasteiger partial charge on any atom is 0.449 e. The predicted octanol–water partition coefficient (Wildman–Crippen LogP) is 2.61. The van der Waals surface area contributed by atoms with Crippen LogP contribution in [0.2, 0.25) is 0 Å².